The van der Waals surface area contributed by atoms with Gasteiger partial charge in [-0.15, -0.1) is 0 Å². The van der Waals surface area contributed by atoms with Crippen molar-refractivity contribution in [1.82, 2.24) is 14.9 Å². The van der Waals surface area contributed by atoms with Crippen LogP contribution in [0.25, 0.3) is 0 Å². The van der Waals surface area contributed by atoms with Crippen LogP contribution < -0.4 is 10.9 Å². The summed E-state index contributed by atoms with van der Waals surface area (Å²) >= 11 is 0. The number of hydrogen-bond donors (Lipinski definition) is 2. The number of anilines is 1. The number of nitrogens with zero attached hydrogens (tertiary/aromatic N) is 2. The predicted molar refractivity (Wildman–Crippen MR) is 77.7 cm³/mol. The molecule has 1 aliphatic heterocycles. The number of aromatic amines is 1. The standard InChI is InChI=1S/C14H24N4O/c1-11(2)14-16-12(10-13(19)17-14)15-6-5-9-18-7-3-4-8-18/h10-11H,3-9H2,1-2H3,(H2,15,16,17,19). The molecule has 0 atom stereocenters. The third kappa shape index (κ3) is 4.35. The van der Waals surface area contributed by atoms with Crippen LogP contribution in [-0.2, 0) is 0 Å². The van der Waals surface area contributed by atoms with Gasteiger partial charge in [0.1, 0.15) is 11.6 Å². The summed E-state index contributed by atoms with van der Waals surface area (Å²) in [5.41, 5.74) is -0.0826. The Bertz CT molecular complexity index is 449. The Morgan fingerprint density at radius 1 is 1.42 bits per heavy atom. The summed E-state index contributed by atoms with van der Waals surface area (Å²) in [6.45, 7) is 8.52. The second-order valence-electron chi connectivity index (χ2n) is 5.50. The molecular weight excluding hydrogens is 240 g/mol. The molecule has 5 nitrogen and oxygen atoms in total. The lowest BCUT2D eigenvalue weighted by atomic mass is 10.2. The molecule has 0 aromatic carbocycles. The van der Waals surface area contributed by atoms with Gasteiger partial charge in [0.2, 0.25) is 0 Å². The maximum absolute atomic E-state index is 11.5. The molecule has 0 unspecified atom stereocenters. The van der Waals surface area contributed by atoms with E-state index in [4.69, 9.17) is 0 Å². The van der Waals surface area contributed by atoms with Crippen LogP contribution in [0.4, 0.5) is 5.82 Å². The van der Waals surface area contributed by atoms with E-state index in [1.165, 1.54) is 32.0 Å². The van der Waals surface area contributed by atoms with Gasteiger partial charge in [-0.05, 0) is 38.9 Å². The maximum atomic E-state index is 11.5. The number of hydrogen-bond acceptors (Lipinski definition) is 4. The number of nitrogens with one attached hydrogen (secondary N) is 2. The molecule has 1 aliphatic rings. The van der Waals surface area contributed by atoms with Crippen LogP contribution >= 0.6 is 0 Å². The van der Waals surface area contributed by atoms with E-state index < -0.39 is 0 Å². The fourth-order valence-corrected chi connectivity index (χ4v) is 2.37. The van der Waals surface area contributed by atoms with Gasteiger partial charge in [0.15, 0.2) is 0 Å². The Morgan fingerprint density at radius 3 is 2.84 bits per heavy atom. The molecule has 1 saturated heterocycles. The average Bonchev–Trinajstić information content (AvgIpc) is 2.87. The molecular formula is C14H24N4O. The van der Waals surface area contributed by atoms with Crippen molar-refractivity contribution in [2.45, 2.75) is 39.0 Å². The minimum absolute atomic E-state index is 0.0826. The highest BCUT2D eigenvalue weighted by Gasteiger charge is 2.10. The first-order valence-electron chi connectivity index (χ1n) is 7.22. The second kappa shape index (κ2) is 6.70. The highest BCUT2D eigenvalue weighted by atomic mass is 16.1. The zero-order chi connectivity index (χ0) is 13.7. The van der Waals surface area contributed by atoms with Crippen molar-refractivity contribution in [3.8, 4) is 0 Å². The minimum atomic E-state index is -0.0826. The molecule has 0 bridgehead atoms. The summed E-state index contributed by atoms with van der Waals surface area (Å²) in [6, 6.07) is 1.53. The summed E-state index contributed by atoms with van der Waals surface area (Å²) < 4.78 is 0. The van der Waals surface area contributed by atoms with Crippen LogP contribution in [0.3, 0.4) is 0 Å². The quantitative estimate of drug-likeness (QED) is 0.769. The van der Waals surface area contributed by atoms with Crippen molar-refractivity contribution in [2.24, 2.45) is 0 Å². The third-order valence-electron chi connectivity index (χ3n) is 3.46. The van der Waals surface area contributed by atoms with Gasteiger partial charge in [0.05, 0.1) is 0 Å². The Hall–Kier alpha value is -1.36. The molecule has 2 rings (SSSR count). The SMILES string of the molecule is CC(C)c1nc(NCCCN2CCCC2)cc(=O)[nH]1. The number of likely N-dealkylation sites (tertiary alicyclic amines) is 1. The van der Waals surface area contributed by atoms with E-state index in [1.54, 1.807) is 0 Å². The van der Waals surface area contributed by atoms with Gasteiger partial charge in [-0.2, -0.15) is 0 Å². The molecule has 19 heavy (non-hydrogen) atoms. The van der Waals surface area contributed by atoms with E-state index >= 15 is 0 Å². The van der Waals surface area contributed by atoms with Crippen molar-refractivity contribution < 1.29 is 0 Å². The molecule has 2 heterocycles. The summed E-state index contributed by atoms with van der Waals surface area (Å²) in [5, 5.41) is 3.25. The van der Waals surface area contributed by atoms with Crippen molar-refractivity contribution in [2.75, 3.05) is 31.5 Å². The molecule has 106 valence electrons. The van der Waals surface area contributed by atoms with Crippen LogP contribution in [0.15, 0.2) is 10.9 Å². The van der Waals surface area contributed by atoms with Crippen molar-refractivity contribution in [3.63, 3.8) is 0 Å². The van der Waals surface area contributed by atoms with Gasteiger partial charge in [0, 0.05) is 18.5 Å². The van der Waals surface area contributed by atoms with Gasteiger partial charge in [-0.25, -0.2) is 4.98 Å². The molecule has 1 aromatic rings. The van der Waals surface area contributed by atoms with Gasteiger partial charge in [-0.3, -0.25) is 4.79 Å². The largest absolute Gasteiger partial charge is 0.370 e. The van der Waals surface area contributed by atoms with E-state index in [0.717, 1.165) is 25.3 Å². The van der Waals surface area contributed by atoms with Gasteiger partial charge in [-0.1, -0.05) is 13.8 Å². The van der Waals surface area contributed by atoms with Crippen LogP contribution in [0.5, 0.6) is 0 Å². The second-order valence-corrected chi connectivity index (χ2v) is 5.50. The molecule has 1 fully saturated rings. The monoisotopic (exact) mass is 264 g/mol. The Morgan fingerprint density at radius 2 is 2.16 bits per heavy atom. The van der Waals surface area contributed by atoms with E-state index in [1.807, 2.05) is 13.8 Å². The first-order chi connectivity index (χ1) is 9.15. The molecule has 0 amide bonds. The summed E-state index contributed by atoms with van der Waals surface area (Å²) in [7, 11) is 0. The minimum Gasteiger partial charge on any atom is -0.370 e. The highest BCUT2D eigenvalue weighted by molar-refractivity contribution is 5.33. The molecule has 0 aliphatic carbocycles. The smallest absolute Gasteiger partial charge is 0.252 e. The van der Waals surface area contributed by atoms with Crippen LogP contribution in [0.1, 0.15) is 44.9 Å². The Balaban J connectivity index is 1.80. The fourth-order valence-electron chi connectivity index (χ4n) is 2.37. The third-order valence-corrected chi connectivity index (χ3v) is 3.46. The molecule has 1 aromatic heterocycles. The van der Waals surface area contributed by atoms with Crippen molar-refractivity contribution >= 4 is 5.82 Å². The lowest BCUT2D eigenvalue weighted by Gasteiger charge is -2.14. The fraction of sp³-hybridized carbons (Fsp3) is 0.714. The normalized spacial score (nSPS) is 16.2. The predicted octanol–water partition coefficient (Wildman–Crippen LogP) is 1.79. The molecule has 0 saturated carbocycles. The van der Waals surface area contributed by atoms with Gasteiger partial charge >= 0.3 is 0 Å². The summed E-state index contributed by atoms with van der Waals surface area (Å²) in [5.74, 6) is 1.67. The lowest BCUT2D eigenvalue weighted by molar-refractivity contribution is 0.337. The van der Waals surface area contributed by atoms with Gasteiger partial charge in [0.25, 0.3) is 5.56 Å². The van der Waals surface area contributed by atoms with E-state index in [9.17, 15) is 4.79 Å². The van der Waals surface area contributed by atoms with Crippen molar-refractivity contribution in [3.05, 3.63) is 22.2 Å². The maximum Gasteiger partial charge on any atom is 0.252 e. The first kappa shape index (κ1) is 14.1. The Kier molecular flexibility index (Phi) is 4.96. The zero-order valence-electron chi connectivity index (χ0n) is 11.9. The summed E-state index contributed by atoms with van der Waals surface area (Å²) in [4.78, 5) is 21.2. The van der Waals surface area contributed by atoms with Crippen LogP contribution in [0, 0.1) is 0 Å². The summed E-state index contributed by atoms with van der Waals surface area (Å²) in [6.07, 6.45) is 3.76. The molecule has 2 N–H and O–H groups in total. The highest BCUT2D eigenvalue weighted by Crippen LogP contribution is 2.10. The molecule has 5 heteroatoms. The average molecular weight is 264 g/mol. The number of rotatable bonds is 6. The van der Waals surface area contributed by atoms with E-state index in [-0.39, 0.29) is 11.5 Å². The van der Waals surface area contributed by atoms with E-state index in [2.05, 4.69) is 20.2 Å². The van der Waals surface area contributed by atoms with Crippen molar-refractivity contribution in [1.29, 1.82) is 0 Å². The topological polar surface area (TPSA) is 61.0 Å². The van der Waals surface area contributed by atoms with Crippen LogP contribution in [-0.4, -0.2) is 41.0 Å². The van der Waals surface area contributed by atoms with Crippen LogP contribution in [0.2, 0.25) is 0 Å². The first-order valence-corrected chi connectivity index (χ1v) is 7.22. The molecule has 0 radical (unpaired) electrons. The Labute approximate surface area is 114 Å². The zero-order valence-corrected chi connectivity index (χ0v) is 11.9. The number of aromatic nitrogens is 2. The van der Waals surface area contributed by atoms with Gasteiger partial charge < -0.3 is 15.2 Å². The molecule has 0 spiro atoms. The lowest BCUT2D eigenvalue weighted by Crippen LogP contribution is -2.23. The number of H-pyrrole nitrogens is 1. The van der Waals surface area contributed by atoms with E-state index in [0.29, 0.717) is 5.82 Å².